The lowest BCUT2D eigenvalue weighted by molar-refractivity contribution is -0.0695. The minimum atomic E-state index is -4.75. The van der Waals surface area contributed by atoms with Crippen molar-refractivity contribution < 1.29 is 13.2 Å². The molecule has 0 saturated heterocycles. The van der Waals surface area contributed by atoms with Crippen LogP contribution in [-0.4, -0.2) is 21.3 Å². The van der Waals surface area contributed by atoms with Crippen LogP contribution in [0.15, 0.2) is 178 Å². The van der Waals surface area contributed by atoms with Crippen molar-refractivity contribution >= 4 is 49.5 Å². The molecule has 3 aliphatic rings. The van der Waals surface area contributed by atoms with E-state index in [1.807, 2.05) is 156 Å². The zero-order chi connectivity index (χ0) is 35.8. The second-order valence-electron chi connectivity index (χ2n) is 13.1. The normalized spacial score (nSPS) is 15.1. The quantitative estimate of drug-likeness (QED) is 0.186. The average molecular weight is 760 g/mol. The van der Waals surface area contributed by atoms with Crippen LogP contribution in [0, 0.1) is 0 Å². The number of rotatable bonds is 4. The Morgan fingerprint density at radius 3 is 1.77 bits per heavy atom. The summed E-state index contributed by atoms with van der Waals surface area (Å²) in [6.07, 6.45) is -0.756. The highest BCUT2D eigenvalue weighted by molar-refractivity contribution is 9.10. The highest BCUT2D eigenvalue weighted by Crippen LogP contribution is 2.43. The van der Waals surface area contributed by atoms with Crippen molar-refractivity contribution in [3.8, 4) is 11.1 Å². The summed E-state index contributed by atoms with van der Waals surface area (Å²) in [7, 11) is 0. The molecule has 0 fully saturated rings. The number of aromatic nitrogens is 2. The van der Waals surface area contributed by atoms with E-state index in [9.17, 15) is 0 Å². The van der Waals surface area contributed by atoms with Gasteiger partial charge in [-0.2, -0.15) is 13.2 Å². The van der Waals surface area contributed by atoms with Gasteiger partial charge in [0.2, 0.25) is 0 Å². The first-order chi connectivity index (χ1) is 25.9. The zero-order valence-corrected chi connectivity index (χ0v) is 29.4. The number of hydrogen-bond donors (Lipinski definition) is 1. The fraction of sp³-hybridized carbons (Fsp3) is 0.0222. The lowest BCUT2D eigenvalue weighted by atomic mass is 9.95. The van der Waals surface area contributed by atoms with Crippen LogP contribution < -0.4 is 16.1 Å². The van der Waals surface area contributed by atoms with E-state index in [-0.39, 0.29) is 16.4 Å². The Morgan fingerprint density at radius 1 is 0.604 bits per heavy atom. The summed E-state index contributed by atoms with van der Waals surface area (Å²) in [5.41, 5.74) is 8.01. The number of fused-ring (bicyclic) bond motifs is 4. The molecule has 0 aliphatic carbocycles. The van der Waals surface area contributed by atoms with Crippen LogP contribution in [0.1, 0.15) is 28.1 Å². The molecule has 0 amide bonds. The molecule has 53 heavy (non-hydrogen) atoms. The minimum Gasteiger partial charge on any atom is -0.353 e. The van der Waals surface area contributed by atoms with E-state index in [4.69, 9.17) is 9.98 Å². The molecule has 254 valence electrons. The van der Waals surface area contributed by atoms with Gasteiger partial charge in [-0.1, -0.05) is 121 Å². The van der Waals surface area contributed by atoms with Crippen LogP contribution in [0.25, 0.3) is 38.9 Å². The maximum Gasteiger partial charge on any atom is 0.419 e. The summed E-state index contributed by atoms with van der Waals surface area (Å²) in [6.45, 7) is 0. The van der Waals surface area contributed by atoms with Crippen LogP contribution in [-0.2, 0) is 0 Å². The molecule has 4 nitrogen and oxygen atoms in total. The van der Waals surface area contributed by atoms with Crippen molar-refractivity contribution in [3.63, 3.8) is 0 Å². The fourth-order valence-electron chi connectivity index (χ4n) is 7.85. The second-order valence-corrected chi connectivity index (χ2v) is 13.9. The van der Waals surface area contributed by atoms with Gasteiger partial charge in [-0.25, -0.2) is 9.98 Å². The van der Waals surface area contributed by atoms with E-state index < -0.39 is 11.7 Å². The predicted octanol–water partition coefficient (Wildman–Crippen LogP) is 9.20. The summed E-state index contributed by atoms with van der Waals surface area (Å²) in [6, 6.07) is 44.0. The lowest BCUT2D eigenvalue weighted by Gasteiger charge is -2.16. The third-order valence-electron chi connectivity index (χ3n) is 9.99. The number of nitrogens with zero attached hydrogens (tertiary/aromatic N) is 3. The molecule has 1 N–H and O–H groups in total. The predicted molar refractivity (Wildman–Crippen MR) is 207 cm³/mol. The second kappa shape index (κ2) is 11.9. The first kappa shape index (κ1) is 31.5. The standard InChI is InChI=1S/C45H26BrF3N4/c46-30-25-33-38(28-17-9-3-10-18-28)43-41(45(47,48)49)40-39(29-19-11-4-12-20-29)35-24-23-34(53(35)44(40)52-43)36(26-13-5-1-6-14-26)31-21-22-32(50-31)37(42(30)51-33)27-15-7-2-8-16-27/h1-25,51H. The van der Waals surface area contributed by atoms with Crippen LogP contribution >= 0.6 is 15.9 Å². The molecule has 0 unspecified atom stereocenters. The maximum absolute atomic E-state index is 16.0. The average Bonchev–Trinajstić information content (AvgIpc) is 4.00. The van der Waals surface area contributed by atoms with Gasteiger partial charge >= 0.3 is 6.18 Å². The molecular weight excluding hydrogens is 733 g/mol. The first-order valence-electron chi connectivity index (χ1n) is 17.1. The number of aliphatic imine (C=N–C) groups is 1. The molecule has 3 aliphatic heterocycles. The molecule has 10 rings (SSSR count). The number of benzene rings is 4. The van der Waals surface area contributed by atoms with Gasteiger partial charge in [0.15, 0.2) is 0 Å². The van der Waals surface area contributed by atoms with Crippen LogP contribution in [0.3, 0.4) is 0 Å². The Labute approximate surface area is 309 Å². The summed E-state index contributed by atoms with van der Waals surface area (Å²) < 4.78 is 50.5. The largest absolute Gasteiger partial charge is 0.419 e. The van der Waals surface area contributed by atoms with Gasteiger partial charge in [-0.3, -0.25) is 4.40 Å². The van der Waals surface area contributed by atoms with E-state index in [1.165, 1.54) is 0 Å². The monoisotopic (exact) mass is 758 g/mol. The van der Waals surface area contributed by atoms with E-state index >= 15 is 13.2 Å². The molecule has 6 heterocycles. The fourth-order valence-corrected chi connectivity index (χ4v) is 8.38. The summed E-state index contributed by atoms with van der Waals surface area (Å²) >= 11 is 3.81. The van der Waals surface area contributed by atoms with Crippen molar-refractivity contribution in [1.29, 1.82) is 0 Å². The van der Waals surface area contributed by atoms with Crippen molar-refractivity contribution in [1.82, 2.24) is 9.38 Å². The molecule has 8 heteroatoms. The van der Waals surface area contributed by atoms with Gasteiger partial charge in [0.1, 0.15) is 5.49 Å². The minimum absolute atomic E-state index is 0.0600. The van der Waals surface area contributed by atoms with E-state index in [0.29, 0.717) is 54.7 Å². The van der Waals surface area contributed by atoms with E-state index in [1.54, 1.807) is 0 Å². The van der Waals surface area contributed by atoms with Crippen molar-refractivity contribution in [3.05, 3.63) is 212 Å². The van der Waals surface area contributed by atoms with Crippen LogP contribution in [0.2, 0.25) is 0 Å². The van der Waals surface area contributed by atoms with Crippen LogP contribution in [0.4, 0.5) is 13.2 Å². The van der Waals surface area contributed by atoms with Gasteiger partial charge in [0.05, 0.1) is 39.2 Å². The van der Waals surface area contributed by atoms with Crippen molar-refractivity contribution in [2.45, 2.75) is 6.18 Å². The van der Waals surface area contributed by atoms with E-state index in [0.717, 1.165) is 28.0 Å². The van der Waals surface area contributed by atoms with Crippen LogP contribution in [0.5, 0.6) is 0 Å². The van der Waals surface area contributed by atoms with Gasteiger partial charge < -0.3 is 4.98 Å². The zero-order valence-electron chi connectivity index (χ0n) is 27.8. The number of nitrogens with one attached hydrogen (secondary N) is 1. The van der Waals surface area contributed by atoms with Gasteiger partial charge in [0.25, 0.3) is 0 Å². The number of hydrogen-bond acceptors (Lipinski definition) is 2. The van der Waals surface area contributed by atoms with Gasteiger partial charge in [-0.15, -0.1) is 0 Å². The SMILES string of the molecule is FC(F)(F)C1=c2c(-c3ccccc3)c3ccc4n3c2=NC1=C(c1ccccc1)c1cc(Br)c([nH]1)C(c1ccccc1)=C1C=CC(=N1)C=4c1ccccc1. The highest BCUT2D eigenvalue weighted by atomic mass is 79.9. The summed E-state index contributed by atoms with van der Waals surface area (Å²) in [4.78, 5) is 13.9. The number of alkyl halides is 3. The number of aromatic amines is 1. The molecule has 4 aromatic carbocycles. The number of allylic oxidation sites excluding steroid dienone is 3. The maximum atomic E-state index is 16.0. The molecule has 7 aromatic rings. The van der Waals surface area contributed by atoms with E-state index in [2.05, 4.69) is 20.9 Å². The molecular formula is C45H26BrF3N4. The Kier molecular flexibility index (Phi) is 7.07. The Bertz CT molecular complexity index is 2950. The molecule has 6 bridgehead atoms. The topological polar surface area (TPSA) is 44.9 Å². The summed E-state index contributed by atoms with van der Waals surface area (Å²) in [5.74, 6) is 0. The Morgan fingerprint density at radius 2 is 1.17 bits per heavy atom. The lowest BCUT2D eigenvalue weighted by Crippen LogP contribution is -2.34. The molecule has 0 atom stereocenters. The van der Waals surface area contributed by atoms with Gasteiger partial charge in [-0.05, 0) is 68.5 Å². The smallest absolute Gasteiger partial charge is 0.353 e. The Hall–Kier alpha value is -6.25. The molecule has 0 radical (unpaired) electrons. The first-order valence-corrected chi connectivity index (χ1v) is 17.9. The third kappa shape index (κ3) is 4.90. The number of halogens is 4. The third-order valence-corrected chi connectivity index (χ3v) is 10.6. The summed E-state index contributed by atoms with van der Waals surface area (Å²) in [5, 5.41) is 0.755. The van der Waals surface area contributed by atoms with Gasteiger partial charge in [0, 0.05) is 37.7 Å². The number of H-pyrrole nitrogens is 1. The molecule has 0 saturated carbocycles. The molecule has 0 spiro atoms. The van der Waals surface area contributed by atoms with Crippen molar-refractivity contribution in [2.75, 3.05) is 0 Å². The highest BCUT2D eigenvalue weighted by Gasteiger charge is 2.43. The molecule has 3 aromatic heterocycles. The van der Waals surface area contributed by atoms with Crippen molar-refractivity contribution in [2.24, 2.45) is 9.98 Å². The Balaban J connectivity index is 1.49.